The van der Waals surface area contributed by atoms with Gasteiger partial charge < -0.3 is 5.11 Å². The highest BCUT2D eigenvalue weighted by Crippen LogP contribution is 2.16. The summed E-state index contributed by atoms with van der Waals surface area (Å²) in [5.41, 5.74) is 4.00. The van der Waals surface area contributed by atoms with Crippen LogP contribution in [0.2, 0.25) is 0 Å². The Labute approximate surface area is 192 Å². The molecule has 2 N–H and O–H groups in total. The van der Waals surface area contributed by atoms with Crippen LogP contribution in [0.25, 0.3) is 0 Å². The van der Waals surface area contributed by atoms with E-state index in [2.05, 4.69) is 10.5 Å². The molecule has 3 aromatic carbocycles. The standard InChI is InChI=1S/C24H23N3O5S/c28-23(26-25-17-20-11-13-21(14-12-20)24(29)30)18-27(16-15-19-7-3-1-4-8-19)33(31,32)22-9-5-2-6-10-22/h1-14,17H,15-16,18H2,(H,26,28)(H,29,30)/b25-17-. The fraction of sp³-hybridized carbons (Fsp3) is 0.125. The maximum absolute atomic E-state index is 13.1. The van der Waals surface area contributed by atoms with Gasteiger partial charge in [0.2, 0.25) is 10.0 Å². The van der Waals surface area contributed by atoms with Crippen molar-refractivity contribution in [3.8, 4) is 0 Å². The smallest absolute Gasteiger partial charge is 0.335 e. The number of aromatic carboxylic acids is 1. The van der Waals surface area contributed by atoms with E-state index in [4.69, 9.17) is 5.11 Å². The normalized spacial score (nSPS) is 11.5. The molecule has 0 bridgehead atoms. The van der Waals surface area contributed by atoms with Gasteiger partial charge in [-0.05, 0) is 41.8 Å². The summed E-state index contributed by atoms with van der Waals surface area (Å²) >= 11 is 0. The van der Waals surface area contributed by atoms with Crippen LogP contribution in [0.1, 0.15) is 21.5 Å². The molecule has 0 atom stereocenters. The molecule has 9 heteroatoms. The lowest BCUT2D eigenvalue weighted by molar-refractivity contribution is -0.121. The topological polar surface area (TPSA) is 116 Å². The van der Waals surface area contributed by atoms with Crippen molar-refractivity contribution in [2.75, 3.05) is 13.1 Å². The maximum atomic E-state index is 13.1. The van der Waals surface area contributed by atoms with Crippen molar-refractivity contribution in [1.82, 2.24) is 9.73 Å². The van der Waals surface area contributed by atoms with Crippen LogP contribution in [-0.2, 0) is 21.2 Å². The quantitative estimate of drug-likeness (QED) is 0.353. The Kier molecular flexibility index (Phi) is 8.06. The Morgan fingerprint density at radius 2 is 1.52 bits per heavy atom. The van der Waals surface area contributed by atoms with Gasteiger partial charge in [0.25, 0.3) is 5.91 Å². The first-order chi connectivity index (χ1) is 15.9. The van der Waals surface area contributed by atoms with Crippen molar-refractivity contribution in [3.63, 3.8) is 0 Å². The first-order valence-corrected chi connectivity index (χ1v) is 11.5. The van der Waals surface area contributed by atoms with E-state index >= 15 is 0 Å². The van der Waals surface area contributed by atoms with E-state index in [0.717, 1.165) is 9.87 Å². The summed E-state index contributed by atoms with van der Waals surface area (Å²) in [6.07, 6.45) is 1.79. The molecule has 0 aromatic heterocycles. The SMILES string of the molecule is O=C(CN(CCc1ccccc1)S(=O)(=O)c1ccccc1)N/N=C\c1ccc(C(=O)O)cc1. The molecule has 0 unspecified atom stereocenters. The minimum absolute atomic E-state index is 0.105. The number of carboxylic acid groups (broad SMARTS) is 1. The fourth-order valence-electron chi connectivity index (χ4n) is 3.01. The van der Waals surface area contributed by atoms with E-state index in [9.17, 15) is 18.0 Å². The van der Waals surface area contributed by atoms with Gasteiger partial charge in [-0.25, -0.2) is 18.6 Å². The van der Waals surface area contributed by atoms with Crippen LogP contribution in [0.15, 0.2) is 94.9 Å². The average Bonchev–Trinajstić information content (AvgIpc) is 2.83. The van der Waals surface area contributed by atoms with Crippen molar-refractivity contribution in [1.29, 1.82) is 0 Å². The number of benzene rings is 3. The van der Waals surface area contributed by atoms with Gasteiger partial charge in [0, 0.05) is 6.54 Å². The van der Waals surface area contributed by atoms with Gasteiger partial charge >= 0.3 is 5.97 Å². The number of rotatable bonds is 10. The largest absolute Gasteiger partial charge is 0.478 e. The van der Waals surface area contributed by atoms with Crippen LogP contribution in [0.5, 0.6) is 0 Å². The molecule has 3 rings (SSSR count). The van der Waals surface area contributed by atoms with E-state index < -0.39 is 28.4 Å². The third-order valence-electron chi connectivity index (χ3n) is 4.75. The van der Waals surface area contributed by atoms with Crippen molar-refractivity contribution < 1.29 is 23.1 Å². The molecule has 0 saturated heterocycles. The molecule has 0 fully saturated rings. The molecule has 8 nitrogen and oxygen atoms in total. The molecule has 170 valence electrons. The van der Waals surface area contributed by atoms with Crippen molar-refractivity contribution >= 4 is 28.1 Å². The van der Waals surface area contributed by atoms with Crippen LogP contribution in [0.3, 0.4) is 0 Å². The molecule has 0 aliphatic carbocycles. The lowest BCUT2D eigenvalue weighted by Gasteiger charge is -2.21. The van der Waals surface area contributed by atoms with E-state index in [1.165, 1.54) is 30.5 Å². The van der Waals surface area contributed by atoms with Gasteiger partial charge in [0.15, 0.2) is 0 Å². The number of sulfonamides is 1. The summed E-state index contributed by atoms with van der Waals surface area (Å²) in [7, 11) is -3.89. The van der Waals surface area contributed by atoms with Crippen molar-refractivity contribution in [2.24, 2.45) is 5.10 Å². The fourth-order valence-corrected chi connectivity index (χ4v) is 4.43. The minimum atomic E-state index is -3.89. The van der Waals surface area contributed by atoms with Gasteiger partial charge in [-0.2, -0.15) is 9.41 Å². The number of carboxylic acids is 1. The maximum Gasteiger partial charge on any atom is 0.335 e. The highest BCUT2D eigenvalue weighted by atomic mass is 32.2. The Balaban J connectivity index is 1.69. The molecule has 33 heavy (non-hydrogen) atoms. The number of hydrogen-bond acceptors (Lipinski definition) is 5. The van der Waals surface area contributed by atoms with Crippen LogP contribution < -0.4 is 5.43 Å². The first-order valence-electron chi connectivity index (χ1n) is 10.1. The van der Waals surface area contributed by atoms with E-state index in [0.29, 0.717) is 12.0 Å². The highest BCUT2D eigenvalue weighted by Gasteiger charge is 2.26. The third-order valence-corrected chi connectivity index (χ3v) is 6.61. The Morgan fingerprint density at radius 3 is 2.12 bits per heavy atom. The lowest BCUT2D eigenvalue weighted by Crippen LogP contribution is -2.40. The van der Waals surface area contributed by atoms with Crippen molar-refractivity contribution in [2.45, 2.75) is 11.3 Å². The predicted molar refractivity (Wildman–Crippen MR) is 124 cm³/mol. The van der Waals surface area contributed by atoms with E-state index in [-0.39, 0.29) is 17.0 Å². The average molecular weight is 466 g/mol. The summed E-state index contributed by atoms with van der Waals surface area (Å²) < 4.78 is 27.4. The zero-order valence-electron chi connectivity index (χ0n) is 17.7. The number of hydrogen-bond donors (Lipinski definition) is 2. The zero-order chi connectivity index (χ0) is 23.7. The molecule has 0 heterocycles. The van der Waals surface area contributed by atoms with Crippen molar-refractivity contribution in [3.05, 3.63) is 102 Å². The molecule has 0 radical (unpaired) electrons. The van der Waals surface area contributed by atoms with Gasteiger partial charge in [-0.15, -0.1) is 0 Å². The lowest BCUT2D eigenvalue weighted by atomic mass is 10.1. The molecule has 3 aromatic rings. The second-order valence-electron chi connectivity index (χ2n) is 7.11. The Bertz CT molecular complexity index is 1210. The molecule has 0 aliphatic heterocycles. The Hall–Kier alpha value is -3.82. The van der Waals surface area contributed by atoms with E-state index in [1.54, 1.807) is 30.3 Å². The van der Waals surface area contributed by atoms with Gasteiger partial charge in [0.05, 0.1) is 23.2 Å². The highest BCUT2D eigenvalue weighted by molar-refractivity contribution is 7.89. The molecule has 0 saturated carbocycles. The van der Waals surface area contributed by atoms with Crippen LogP contribution >= 0.6 is 0 Å². The second kappa shape index (κ2) is 11.2. The first kappa shape index (κ1) is 23.8. The monoisotopic (exact) mass is 465 g/mol. The number of amides is 1. The molecular weight excluding hydrogens is 442 g/mol. The number of hydrazone groups is 1. The number of carbonyl (C=O) groups excluding carboxylic acids is 1. The van der Waals surface area contributed by atoms with Crippen LogP contribution in [0, 0.1) is 0 Å². The number of nitrogens with zero attached hydrogens (tertiary/aromatic N) is 2. The molecule has 0 spiro atoms. The third kappa shape index (κ3) is 6.83. The summed E-state index contributed by atoms with van der Waals surface area (Å²) in [6.45, 7) is -0.283. The summed E-state index contributed by atoms with van der Waals surface area (Å²) in [5.74, 6) is -1.64. The minimum Gasteiger partial charge on any atom is -0.478 e. The number of nitrogens with one attached hydrogen (secondary N) is 1. The van der Waals surface area contributed by atoms with Gasteiger partial charge in [0.1, 0.15) is 0 Å². The molecule has 0 aliphatic rings. The summed E-state index contributed by atoms with van der Waals surface area (Å²) in [5, 5.41) is 12.8. The Morgan fingerprint density at radius 1 is 0.909 bits per heavy atom. The predicted octanol–water partition coefficient (Wildman–Crippen LogP) is 2.77. The van der Waals surface area contributed by atoms with Crippen LogP contribution in [0.4, 0.5) is 0 Å². The van der Waals surface area contributed by atoms with Crippen LogP contribution in [-0.4, -0.2) is 49.0 Å². The zero-order valence-corrected chi connectivity index (χ0v) is 18.5. The second-order valence-corrected chi connectivity index (χ2v) is 9.05. The van der Waals surface area contributed by atoms with Gasteiger partial charge in [-0.3, -0.25) is 4.79 Å². The molecule has 1 amide bonds. The van der Waals surface area contributed by atoms with E-state index in [1.807, 2.05) is 30.3 Å². The summed E-state index contributed by atoms with van der Waals surface area (Å²) in [6, 6.07) is 23.3. The summed E-state index contributed by atoms with van der Waals surface area (Å²) in [4.78, 5) is 23.5. The number of carbonyl (C=O) groups is 2. The molecular formula is C24H23N3O5S. The van der Waals surface area contributed by atoms with Gasteiger partial charge in [-0.1, -0.05) is 60.7 Å².